The van der Waals surface area contributed by atoms with Gasteiger partial charge in [-0.3, -0.25) is 0 Å². The van der Waals surface area contributed by atoms with E-state index in [4.69, 9.17) is 0 Å². The van der Waals surface area contributed by atoms with Crippen molar-refractivity contribution in [3.05, 3.63) is 119 Å². The van der Waals surface area contributed by atoms with Crippen LogP contribution in [0.2, 0.25) is 0 Å². The fourth-order valence-corrected chi connectivity index (χ4v) is 10.9. The van der Waals surface area contributed by atoms with Crippen molar-refractivity contribution in [2.24, 2.45) is 0 Å². The molecule has 0 atom stereocenters. The average molecular weight is 548 g/mol. The number of unbranched alkanes of at least 4 members (excludes halogenated alkanes) is 4. The predicted octanol–water partition coefficient (Wildman–Crippen LogP) is 8.98. The Labute approximate surface area is 246 Å². The minimum atomic E-state index is -2.48. The van der Waals surface area contributed by atoms with Crippen molar-refractivity contribution in [1.29, 1.82) is 0 Å². The van der Waals surface area contributed by atoms with Crippen LogP contribution in [0, 0.1) is 5.54 Å². The molecule has 0 fully saturated rings. The van der Waals surface area contributed by atoms with Crippen molar-refractivity contribution in [3.8, 4) is 0 Å². The lowest BCUT2D eigenvalue weighted by molar-refractivity contribution is 0.795. The van der Waals surface area contributed by atoms with E-state index in [-0.39, 0.29) is 0 Å². The van der Waals surface area contributed by atoms with Crippen LogP contribution < -0.4 is 15.6 Å². The van der Waals surface area contributed by atoms with Gasteiger partial charge in [-0.1, -0.05) is 150 Å². The second-order valence-corrected chi connectivity index (χ2v) is 15.6. The molecule has 211 valence electrons. The number of benzene rings is 3. The lowest BCUT2D eigenvalue weighted by Crippen LogP contribution is -2.70. The monoisotopic (exact) mass is 547 g/mol. The third kappa shape index (κ3) is 7.16. The Morgan fingerprint density at radius 1 is 0.425 bits per heavy atom. The van der Waals surface area contributed by atoms with Crippen LogP contribution in [0.4, 0.5) is 0 Å². The van der Waals surface area contributed by atoms with Crippen LogP contribution in [-0.2, 0) is 19.3 Å². The highest BCUT2D eigenvalue weighted by atomic mass is 28.3. The molecule has 0 N–H and O–H groups in total. The molecule has 1 radical (unpaired) electrons. The Kier molecular flexibility index (Phi) is 11.7. The third-order valence-electron chi connectivity index (χ3n) is 8.69. The molecule has 1 aliphatic rings. The highest BCUT2D eigenvalue weighted by Crippen LogP contribution is 2.31. The molecule has 0 saturated heterocycles. The van der Waals surface area contributed by atoms with Crippen LogP contribution >= 0.6 is 0 Å². The highest BCUT2D eigenvalue weighted by Gasteiger charge is 2.46. The number of hydrogen-bond acceptors (Lipinski definition) is 0. The Morgan fingerprint density at radius 3 is 1.12 bits per heavy atom. The van der Waals surface area contributed by atoms with Crippen LogP contribution in [-0.4, -0.2) is 8.07 Å². The standard InChI is InChI=1S/C39H51Si/c1-5-9-13-32-17-24-36(25-18-32)40(39-30-23-35(31-39)16-12-8-4,37-26-19-33(20-27-37)14-10-6-2)38-28-21-34(22-29-38)15-11-7-3/h17-31H,5-16H2,1-4H3. The van der Waals surface area contributed by atoms with Crippen LogP contribution in [0.25, 0.3) is 0 Å². The van der Waals surface area contributed by atoms with Crippen molar-refractivity contribution < 1.29 is 0 Å². The minimum Gasteiger partial charge on any atom is -0.0750 e. The van der Waals surface area contributed by atoms with Crippen molar-refractivity contribution in [1.82, 2.24) is 0 Å². The van der Waals surface area contributed by atoms with Gasteiger partial charge in [0.2, 0.25) is 0 Å². The normalized spacial score (nSPS) is 13.7. The van der Waals surface area contributed by atoms with Crippen LogP contribution in [0.1, 0.15) is 102 Å². The fourth-order valence-electron chi connectivity index (χ4n) is 6.17. The summed E-state index contributed by atoms with van der Waals surface area (Å²) in [6.45, 7) is 9.15. The molecular formula is C39H51Si. The lowest BCUT2D eigenvalue weighted by atomic mass is 10.1. The summed E-state index contributed by atoms with van der Waals surface area (Å²) in [5, 5.41) is 4.51. The van der Waals surface area contributed by atoms with Gasteiger partial charge in [0.05, 0.1) is 0 Å². The largest absolute Gasteiger partial charge is 0.162 e. The Balaban J connectivity index is 1.88. The zero-order chi connectivity index (χ0) is 28.2. The summed E-state index contributed by atoms with van der Waals surface area (Å²) in [6, 6.07) is 29.4. The first-order chi connectivity index (χ1) is 19.6. The maximum absolute atomic E-state index is 2.56. The van der Waals surface area contributed by atoms with Gasteiger partial charge in [0.1, 0.15) is 0 Å². The molecule has 40 heavy (non-hydrogen) atoms. The summed E-state index contributed by atoms with van der Waals surface area (Å²) >= 11 is 0. The average Bonchev–Trinajstić information content (AvgIpc) is 3.48. The first-order valence-electron chi connectivity index (χ1n) is 16.2. The van der Waals surface area contributed by atoms with Crippen LogP contribution in [0.5, 0.6) is 0 Å². The third-order valence-corrected chi connectivity index (χ3v) is 13.5. The van der Waals surface area contributed by atoms with Crippen molar-refractivity contribution >= 4 is 23.6 Å². The quantitative estimate of drug-likeness (QED) is 0.124. The minimum absolute atomic E-state index is 1.17. The molecule has 0 amide bonds. The van der Waals surface area contributed by atoms with Crippen LogP contribution in [0.3, 0.4) is 0 Å². The maximum atomic E-state index is 2.56. The predicted molar refractivity (Wildman–Crippen MR) is 180 cm³/mol. The van der Waals surface area contributed by atoms with Gasteiger partial charge in [-0.15, -0.1) is 0 Å². The van der Waals surface area contributed by atoms with E-state index < -0.39 is 8.07 Å². The molecule has 0 bridgehead atoms. The van der Waals surface area contributed by atoms with Gasteiger partial charge in [-0.2, -0.15) is 0 Å². The summed E-state index contributed by atoms with van der Waals surface area (Å²) in [5.74, 6) is 0. The second-order valence-electron chi connectivity index (χ2n) is 11.8. The molecule has 0 aliphatic heterocycles. The van der Waals surface area contributed by atoms with E-state index >= 15 is 0 Å². The molecule has 1 heteroatoms. The van der Waals surface area contributed by atoms with Crippen molar-refractivity contribution in [2.45, 2.75) is 105 Å². The first kappa shape index (κ1) is 30.3. The molecule has 0 spiro atoms. The van der Waals surface area contributed by atoms with Crippen molar-refractivity contribution in [2.75, 3.05) is 0 Å². The van der Waals surface area contributed by atoms with Gasteiger partial charge in [0, 0.05) is 5.54 Å². The molecule has 4 rings (SSSR count). The SMILES string of the molecule is CCCCC1=C[C]([Si](c2ccc(CCCC)cc2)(c2ccc(CCCC)cc2)c2ccc(CCCC)cc2)C=C1. The molecule has 0 nitrogen and oxygen atoms in total. The highest BCUT2D eigenvalue weighted by molar-refractivity contribution is 7.15. The van der Waals surface area contributed by atoms with Gasteiger partial charge in [0.15, 0.2) is 8.07 Å². The molecule has 3 aromatic rings. The summed E-state index contributed by atoms with van der Waals surface area (Å²) < 4.78 is 0. The van der Waals surface area contributed by atoms with Crippen LogP contribution in [0.15, 0.2) is 96.6 Å². The van der Waals surface area contributed by atoms with E-state index in [9.17, 15) is 0 Å². The Morgan fingerprint density at radius 2 is 0.775 bits per heavy atom. The Hall–Kier alpha value is -2.64. The molecule has 0 aromatic heterocycles. The fraction of sp³-hybridized carbons (Fsp3) is 0.410. The molecule has 0 unspecified atom stereocenters. The first-order valence-corrected chi connectivity index (χ1v) is 18.2. The molecule has 0 heterocycles. The second kappa shape index (κ2) is 15.4. The van der Waals surface area contributed by atoms with Gasteiger partial charge >= 0.3 is 0 Å². The topological polar surface area (TPSA) is 0 Å². The van der Waals surface area contributed by atoms with E-state index in [1.807, 2.05) is 0 Å². The van der Waals surface area contributed by atoms with E-state index in [0.29, 0.717) is 0 Å². The molecule has 3 aromatic carbocycles. The van der Waals surface area contributed by atoms with E-state index in [1.165, 1.54) is 120 Å². The maximum Gasteiger partial charge on any atom is 0.162 e. The number of aryl methyl sites for hydroxylation is 3. The van der Waals surface area contributed by atoms with E-state index in [1.54, 1.807) is 0 Å². The molecule has 0 saturated carbocycles. The summed E-state index contributed by atoms with van der Waals surface area (Å²) in [7, 11) is -2.48. The molecular weight excluding hydrogens is 497 g/mol. The lowest BCUT2D eigenvalue weighted by Gasteiger charge is -2.37. The number of hydrogen-bond donors (Lipinski definition) is 0. The van der Waals surface area contributed by atoms with Crippen molar-refractivity contribution in [3.63, 3.8) is 0 Å². The van der Waals surface area contributed by atoms with Gasteiger partial charge in [-0.25, -0.2) is 0 Å². The van der Waals surface area contributed by atoms with Gasteiger partial charge in [0.25, 0.3) is 0 Å². The van der Waals surface area contributed by atoms with Gasteiger partial charge in [-0.05, 0) is 83.6 Å². The summed E-state index contributed by atoms with van der Waals surface area (Å²) in [4.78, 5) is 0. The van der Waals surface area contributed by atoms with Gasteiger partial charge < -0.3 is 0 Å². The number of allylic oxidation sites excluding steroid dienone is 4. The smallest absolute Gasteiger partial charge is 0.0750 e. The van der Waals surface area contributed by atoms with E-state index in [0.717, 1.165) is 0 Å². The zero-order valence-corrected chi connectivity index (χ0v) is 26.6. The zero-order valence-electron chi connectivity index (χ0n) is 25.6. The molecule has 1 aliphatic carbocycles. The summed E-state index contributed by atoms with van der Waals surface area (Å²) in [6.07, 6.45) is 22.1. The number of rotatable bonds is 16. The summed E-state index contributed by atoms with van der Waals surface area (Å²) in [5.41, 5.74) is 7.41. The Bertz CT molecular complexity index is 1090. The van der Waals surface area contributed by atoms with E-state index in [2.05, 4.69) is 119 Å².